The number of para-hydroxylation sites is 1. The van der Waals surface area contributed by atoms with Gasteiger partial charge in [-0.2, -0.15) is 0 Å². The first-order valence-electron chi connectivity index (χ1n) is 6.69. The summed E-state index contributed by atoms with van der Waals surface area (Å²) in [7, 11) is 0. The Kier molecular flexibility index (Phi) is 4.47. The molecule has 0 bridgehead atoms. The number of likely N-dealkylation sites (tertiary alicyclic amines) is 1. The van der Waals surface area contributed by atoms with Gasteiger partial charge < -0.3 is 10.2 Å². The molecular formula is C14H19F2N2O+. The molecule has 0 aromatic heterocycles. The number of piperidine rings is 1. The molecule has 0 radical (unpaired) electrons. The fourth-order valence-electron chi connectivity index (χ4n) is 2.47. The van der Waals surface area contributed by atoms with Gasteiger partial charge in [-0.25, -0.2) is 8.78 Å². The Balaban J connectivity index is 2.04. The summed E-state index contributed by atoms with van der Waals surface area (Å²) in [6.07, 6.45) is 3.39. The van der Waals surface area contributed by atoms with E-state index in [9.17, 15) is 13.6 Å². The molecule has 1 saturated heterocycles. The van der Waals surface area contributed by atoms with Crippen LogP contribution in [-0.4, -0.2) is 25.0 Å². The minimum Gasteiger partial charge on any atom is -0.325 e. The van der Waals surface area contributed by atoms with Gasteiger partial charge in [-0.3, -0.25) is 4.79 Å². The van der Waals surface area contributed by atoms with Crippen molar-refractivity contribution in [1.82, 2.24) is 0 Å². The van der Waals surface area contributed by atoms with Crippen LogP contribution in [0.2, 0.25) is 0 Å². The molecule has 1 fully saturated rings. The van der Waals surface area contributed by atoms with Gasteiger partial charge in [0.15, 0.2) is 6.04 Å². The van der Waals surface area contributed by atoms with Crippen LogP contribution in [0, 0.1) is 11.6 Å². The van der Waals surface area contributed by atoms with Crippen LogP contribution < -0.4 is 10.2 Å². The lowest BCUT2D eigenvalue weighted by molar-refractivity contribution is -0.918. The first-order chi connectivity index (χ1) is 9.09. The highest BCUT2D eigenvalue weighted by Gasteiger charge is 2.27. The normalized spacial score (nSPS) is 18.1. The SMILES string of the molecule is C[C@H](C(=O)Nc1c(F)cccc1F)[NH+]1CCCCC1. The molecule has 1 aromatic rings. The van der Waals surface area contributed by atoms with Crippen LogP contribution in [0.4, 0.5) is 14.5 Å². The Labute approximate surface area is 111 Å². The molecule has 0 unspecified atom stereocenters. The molecule has 0 aliphatic carbocycles. The Morgan fingerprint density at radius 1 is 1.21 bits per heavy atom. The van der Waals surface area contributed by atoms with Crippen molar-refractivity contribution in [3.8, 4) is 0 Å². The quantitative estimate of drug-likeness (QED) is 0.853. The Morgan fingerprint density at radius 3 is 2.37 bits per heavy atom. The second kappa shape index (κ2) is 6.10. The highest BCUT2D eigenvalue weighted by molar-refractivity contribution is 5.93. The third kappa shape index (κ3) is 3.29. The number of quaternary nitrogens is 1. The van der Waals surface area contributed by atoms with E-state index in [4.69, 9.17) is 0 Å². The van der Waals surface area contributed by atoms with Gasteiger partial charge in [0.05, 0.1) is 13.1 Å². The zero-order chi connectivity index (χ0) is 13.8. The molecule has 104 valence electrons. The molecule has 1 amide bonds. The lowest BCUT2D eigenvalue weighted by Gasteiger charge is -2.28. The summed E-state index contributed by atoms with van der Waals surface area (Å²) in [6.45, 7) is 3.68. The van der Waals surface area contributed by atoms with Crippen molar-refractivity contribution in [2.75, 3.05) is 18.4 Å². The summed E-state index contributed by atoms with van der Waals surface area (Å²) < 4.78 is 26.9. The average Bonchev–Trinajstić information content (AvgIpc) is 2.43. The minimum atomic E-state index is -0.741. The Morgan fingerprint density at radius 2 is 1.79 bits per heavy atom. The van der Waals surface area contributed by atoms with Crippen molar-refractivity contribution < 1.29 is 18.5 Å². The maximum Gasteiger partial charge on any atom is 0.282 e. The number of rotatable bonds is 3. The number of anilines is 1. The molecule has 1 aliphatic heterocycles. The first-order valence-corrected chi connectivity index (χ1v) is 6.69. The van der Waals surface area contributed by atoms with Crippen LogP contribution in [-0.2, 0) is 4.79 Å². The van der Waals surface area contributed by atoms with Crippen molar-refractivity contribution in [1.29, 1.82) is 0 Å². The van der Waals surface area contributed by atoms with Gasteiger partial charge in [0.1, 0.15) is 17.3 Å². The third-order valence-corrected chi connectivity index (χ3v) is 3.71. The highest BCUT2D eigenvalue weighted by atomic mass is 19.1. The topological polar surface area (TPSA) is 33.5 Å². The molecule has 1 heterocycles. The second-order valence-corrected chi connectivity index (χ2v) is 5.03. The predicted molar refractivity (Wildman–Crippen MR) is 69.0 cm³/mol. The maximum atomic E-state index is 13.5. The molecule has 1 atom stereocenters. The maximum absolute atomic E-state index is 13.5. The first kappa shape index (κ1) is 13.9. The van der Waals surface area contributed by atoms with Crippen LogP contribution in [0.5, 0.6) is 0 Å². The summed E-state index contributed by atoms with van der Waals surface area (Å²) in [5.41, 5.74) is -0.351. The van der Waals surface area contributed by atoms with Crippen LogP contribution in [0.15, 0.2) is 18.2 Å². The van der Waals surface area contributed by atoms with Crippen molar-refractivity contribution in [3.05, 3.63) is 29.8 Å². The van der Waals surface area contributed by atoms with Crippen LogP contribution in [0.3, 0.4) is 0 Å². The van der Waals surface area contributed by atoms with E-state index in [0.717, 1.165) is 38.1 Å². The number of amides is 1. The molecule has 2 rings (SSSR count). The summed E-state index contributed by atoms with van der Waals surface area (Å²) in [6, 6.07) is 3.26. The molecule has 3 nitrogen and oxygen atoms in total. The molecule has 1 aromatic carbocycles. The Hall–Kier alpha value is -1.49. The molecule has 19 heavy (non-hydrogen) atoms. The van der Waals surface area contributed by atoms with E-state index in [1.807, 2.05) is 0 Å². The second-order valence-electron chi connectivity index (χ2n) is 5.03. The van der Waals surface area contributed by atoms with Crippen molar-refractivity contribution in [2.24, 2.45) is 0 Å². The van der Waals surface area contributed by atoms with Gasteiger partial charge >= 0.3 is 0 Å². The lowest BCUT2D eigenvalue weighted by Crippen LogP contribution is -3.17. The van der Waals surface area contributed by atoms with E-state index in [0.29, 0.717) is 0 Å². The van der Waals surface area contributed by atoms with Crippen molar-refractivity contribution in [2.45, 2.75) is 32.2 Å². The predicted octanol–water partition coefficient (Wildman–Crippen LogP) is 1.36. The largest absolute Gasteiger partial charge is 0.325 e. The van der Waals surface area contributed by atoms with Gasteiger partial charge in [-0.15, -0.1) is 0 Å². The van der Waals surface area contributed by atoms with Gasteiger partial charge in [-0.1, -0.05) is 6.07 Å². The minimum absolute atomic E-state index is 0.292. The lowest BCUT2D eigenvalue weighted by atomic mass is 10.1. The van der Waals surface area contributed by atoms with E-state index in [1.54, 1.807) is 6.92 Å². The number of carbonyl (C=O) groups excluding carboxylic acids is 1. The monoisotopic (exact) mass is 269 g/mol. The van der Waals surface area contributed by atoms with Gasteiger partial charge in [0.2, 0.25) is 0 Å². The fraction of sp³-hybridized carbons (Fsp3) is 0.500. The standard InChI is InChI=1S/C14H18F2N2O/c1-10(18-8-3-2-4-9-18)14(19)17-13-11(15)6-5-7-12(13)16/h5-7,10H,2-4,8-9H2,1H3,(H,17,19)/p+1/t10-/m1/s1. The number of halogens is 2. The van der Waals surface area contributed by atoms with Crippen LogP contribution >= 0.6 is 0 Å². The fourth-order valence-corrected chi connectivity index (χ4v) is 2.47. The van der Waals surface area contributed by atoms with Gasteiger partial charge in [0, 0.05) is 0 Å². The zero-order valence-corrected chi connectivity index (χ0v) is 11.0. The number of benzene rings is 1. The van der Waals surface area contributed by atoms with Crippen molar-refractivity contribution in [3.63, 3.8) is 0 Å². The smallest absolute Gasteiger partial charge is 0.282 e. The summed E-state index contributed by atoms with van der Waals surface area (Å²) >= 11 is 0. The summed E-state index contributed by atoms with van der Waals surface area (Å²) in [4.78, 5) is 13.2. The van der Waals surface area contributed by atoms with E-state index < -0.39 is 11.6 Å². The molecule has 1 aliphatic rings. The number of nitrogens with one attached hydrogen (secondary N) is 2. The van der Waals surface area contributed by atoms with Crippen LogP contribution in [0.1, 0.15) is 26.2 Å². The van der Waals surface area contributed by atoms with Gasteiger partial charge in [0.25, 0.3) is 5.91 Å². The van der Waals surface area contributed by atoms with Crippen molar-refractivity contribution >= 4 is 11.6 Å². The third-order valence-electron chi connectivity index (χ3n) is 3.71. The number of carbonyl (C=O) groups is 1. The van der Waals surface area contributed by atoms with Gasteiger partial charge in [-0.05, 0) is 38.3 Å². The average molecular weight is 269 g/mol. The molecule has 2 N–H and O–H groups in total. The molecule has 0 saturated carbocycles. The van der Waals surface area contributed by atoms with E-state index in [1.165, 1.54) is 17.4 Å². The molecule has 0 spiro atoms. The van der Waals surface area contributed by atoms with Crippen LogP contribution in [0.25, 0.3) is 0 Å². The Bertz CT molecular complexity index is 439. The molecule has 5 heteroatoms. The van der Waals surface area contributed by atoms with E-state index >= 15 is 0 Å². The zero-order valence-electron chi connectivity index (χ0n) is 11.0. The van der Waals surface area contributed by atoms with E-state index in [-0.39, 0.29) is 17.6 Å². The highest BCUT2D eigenvalue weighted by Crippen LogP contribution is 2.17. The summed E-state index contributed by atoms with van der Waals surface area (Å²) in [5.74, 6) is -1.82. The molecular weight excluding hydrogens is 250 g/mol. The number of hydrogen-bond acceptors (Lipinski definition) is 1. The van der Waals surface area contributed by atoms with E-state index in [2.05, 4.69) is 5.32 Å². The summed E-state index contributed by atoms with van der Waals surface area (Å²) in [5, 5.41) is 2.37. The number of hydrogen-bond donors (Lipinski definition) is 2.